The summed E-state index contributed by atoms with van der Waals surface area (Å²) in [5, 5.41) is 5.44. The molecule has 13 heteroatoms. The molecular formula is C23H19ClF3N5O4. The number of carbonyl (C=O) groups is 2. The van der Waals surface area contributed by atoms with Crippen LogP contribution in [-0.2, 0) is 17.5 Å². The average Bonchev–Trinajstić information content (AvgIpc) is 3.64. The predicted molar refractivity (Wildman–Crippen MR) is 121 cm³/mol. The van der Waals surface area contributed by atoms with E-state index in [0.717, 1.165) is 12.1 Å². The van der Waals surface area contributed by atoms with E-state index < -0.39 is 34.8 Å². The van der Waals surface area contributed by atoms with Gasteiger partial charge in [0.1, 0.15) is 34.7 Å². The smallest absolute Gasteiger partial charge is 0.420 e. The number of hydrogen-bond donors (Lipinski definition) is 2. The molecule has 1 fully saturated rings. The maximum atomic E-state index is 13.4. The lowest BCUT2D eigenvalue weighted by molar-refractivity contribution is -0.138. The fourth-order valence-corrected chi connectivity index (χ4v) is 3.50. The fourth-order valence-electron chi connectivity index (χ4n) is 3.28. The molecule has 188 valence electrons. The molecule has 0 bridgehead atoms. The van der Waals surface area contributed by atoms with Crippen molar-refractivity contribution in [3.8, 4) is 17.2 Å². The Morgan fingerprint density at radius 1 is 1.11 bits per heavy atom. The third-order valence-electron chi connectivity index (χ3n) is 5.39. The first-order valence-corrected chi connectivity index (χ1v) is 10.9. The SMILES string of the molecule is COc1ccc(Oc2cnc(CNC(=O)C3(NC(=O)c4cncnc4)CC3)c(Cl)c2)c(C(F)(F)F)c1. The van der Waals surface area contributed by atoms with Crippen LogP contribution in [0.5, 0.6) is 17.2 Å². The summed E-state index contributed by atoms with van der Waals surface area (Å²) in [4.78, 5) is 36.7. The number of nitrogens with one attached hydrogen (secondary N) is 2. The number of ether oxygens (including phenoxy) is 2. The number of alkyl halides is 3. The highest BCUT2D eigenvalue weighted by Gasteiger charge is 2.51. The molecule has 2 heterocycles. The van der Waals surface area contributed by atoms with Crippen molar-refractivity contribution < 1.29 is 32.2 Å². The Balaban J connectivity index is 1.40. The van der Waals surface area contributed by atoms with E-state index >= 15 is 0 Å². The van der Waals surface area contributed by atoms with Crippen LogP contribution in [0.1, 0.15) is 34.5 Å². The Labute approximate surface area is 208 Å². The zero-order chi connectivity index (χ0) is 25.9. The molecule has 0 atom stereocenters. The largest absolute Gasteiger partial charge is 0.497 e. The number of aromatic nitrogens is 3. The molecule has 0 radical (unpaired) electrons. The second-order valence-corrected chi connectivity index (χ2v) is 8.31. The third kappa shape index (κ3) is 5.65. The minimum Gasteiger partial charge on any atom is -0.497 e. The summed E-state index contributed by atoms with van der Waals surface area (Å²) < 4.78 is 50.5. The van der Waals surface area contributed by atoms with Crippen molar-refractivity contribution in [3.63, 3.8) is 0 Å². The van der Waals surface area contributed by atoms with Crippen LogP contribution in [0.3, 0.4) is 0 Å². The van der Waals surface area contributed by atoms with Crippen LogP contribution in [0.2, 0.25) is 5.02 Å². The Bertz CT molecular complexity index is 1290. The summed E-state index contributed by atoms with van der Waals surface area (Å²) in [6.07, 6.45) is 1.40. The van der Waals surface area contributed by atoms with Gasteiger partial charge in [0.05, 0.1) is 36.1 Å². The number of benzene rings is 1. The van der Waals surface area contributed by atoms with Gasteiger partial charge in [0.15, 0.2) is 0 Å². The van der Waals surface area contributed by atoms with Crippen molar-refractivity contribution in [1.82, 2.24) is 25.6 Å². The van der Waals surface area contributed by atoms with Crippen molar-refractivity contribution in [2.24, 2.45) is 0 Å². The Morgan fingerprint density at radius 2 is 1.83 bits per heavy atom. The van der Waals surface area contributed by atoms with Crippen LogP contribution in [0.4, 0.5) is 13.2 Å². The van der Waals surface area contributed by atoms with Gasteiger partial charge in [0.25, 0.3) is 5.91 Å². The van der Waals surface area contributed by atoms with E-state index in [1.807, 2.05) is 0 Å². The van der Waals surface area contributed by atoms with E-state index in [2.05, 4.69) is 25.6 Å². The number of pyridine rings is 1. The van der Waals surface area contributed by atoms with E-state index in [1.165, 1.54) is 44.2 Å². The van der Waals surface area contributed by atoms with Crippen molar-refractivity contribution in [2.45, 2.75) is 31.1 Å². The fraction of sp³-hybridized carbons (Fsp3) is 0.261. The molecule has 1 saturated carbocycles. The molecule has 1 aliphatic rings. The lowest BCUT2D eigenvalue weighted by Gasteiger charge is -2.17. The zero-order valence-electron chi connectivity index (χ0n) is 18.7. The molecular weight excluding hydrogens is 503 g/mol. The predicted octanol–water partition coefficient (Wildman–Crippen LogP) is 3.92. The van der Waals surface area contributed by atoms with Crippen molar-refractivity contribution in [2.75, 3.05) is 7.11 Å². The number of nitrogens with zero attached hydrogens (tertiary/aromatic N) is 3. The molecule has 1 aliphatic carbocycles. The van der Waals surface area contributed by atoms with E-state index in [-0.39, 0.29) is 34.3 Å². The van der Waals surface area contributed by atoms with Gasteiger partial charge in [-0.15, -0.1) is 0 Å². The molecule has 0 unspecified atom stereocenters. The first-order valence-electron chi connectivity index (χ1n) is 10.5. The van der Waals surface area contributed by atoms with Crippen LogP contribution in [-0.4, -0.2) is 39.4 Å². The van der Waals surface area contributed by atoms with Crippen LogP contribution in [0.15, 0.2) is 49.2 Å². The van der Waals surface area contributed by atoms with Gasteiger partial charge in [0.2, 0.25) is 5.91 Å². The number of carbonyl (C=O) groups excluding carboxylic acids is 2. The normalized spacial score (nSPS) is 14.0. The average molecular weight is 522 g/mol. The van der Waals surface area contributed by atoms with Crippen LogP contribution >= 0.6 is 11.6 Å². The first-order chi connectivity index (χ1) is 17.1. The van der Waals surface area contributed by atoms with Gasteiger partial charge in [-0.25, -0.2) is 9.97 Å². The maximum absolute atomic E-state index is 13.4. The maximum Gasteiger partial charge on any atom is 0.420 e. The highest BCUT2D eigenvalue weighted by molar-refractivity contribution is 6.31. The van der Waals surface area contributed by atoms with Gasteiger partial charge in [-0.05, 0) is 31.0 Å². The van der Waals surface area contributed by atoms with E-state index in [0.29, 0.717) is 12.8 Å². The summed E-state index contributed by atoms with van der Waals surface area (Å²) in [5.74, 6) is -1.34. The number of amides is 2. The van der Waals surface area contributed by atoms with Crippen LogP contribution in [0, 0.1) is 0 Å². The number of rotatable bonds is 8. The summed E-state index contributed by atoms with van der Waals surface area (Å²) in [6, 6.07) is 4.59. The van der Waals surface area contributed by atoms with Crippen molar-refractivity contribution >= 4 is 23.4 Å². The van der Waals surface area contributed by atoms with Gasteiger partial charge in [-0.3, -0.25) is 14.6 Å². The number of hydrogen-bond acceptors (Lipinski definition) is 7. The van der Waals surface area contributed by atoms with E-state index in [4.69, 9.17) is 21.1 Å². The lowest BCUT2D eigenvalue weighted by Crippen LogP contribution is -2.48. The van der Waals surface area contributed by atoms with E-state index in [1.54, 1.807) is 0 Å². The van der Waals surface area contributed by atoms with Gasteiger partial charge in [0, 0.05) is 18.5 Å². The number of methoxy groups -OCH3 is 1. The topological polar surface area (TPSA) is 115 Å². The Kier molecular flexibility index (Phi) is 6.97. The molecule has 2 aromatic heterocycles. The second kappa shape index (κ2) is 9.97. The monoisotopic (exact) mass is 521 g/mol. The molecule has 0 spiro atoms. The van der Waals surface area contributed by atoms with Gasteiger partial charge >= 0.3 is 6.18 Å². The highest BCUT2D eigenvalue weighted by atomic mass is 35.5. The quantitative estimate of drug-likeness (QED) is 0.461. The van der Waals surface area contributed by atoms with Crippen LogP contribution < -0.4 is 20.1 Å². The lowest BCUT2D eigenvalue weighted by atomic mass is 10.2. The van der Waals surface area contributed by atoms with Gasteiger partial charge in [-0.1, -0.05) is 11.6 Å². The minimum atomic E-state index is -4.67. The molecule has 3 aromatic rings. The summed E-state index contributed by atoms with van der Waals surface area (Å²) in [7, 11) is 1.26. The Hall–Kier alpha value is -3.93. The third-order valence-corrected chi connectivity index (χ3v) is 5.72. The molecule has 9 nitrogen and oxygen atoms in total. The van der Waals surface area contributed by atoms with Gasteiger partial charge in [-0.2, -0.15) is 13.2 Å². The van der Waals surface area contributed by atoms with Crippen LogP contribution in [0.25, 0.3) is 0 Å². The minimum absolute atomic E-state index is 0.0262. The summed E-state index contributed by atoms with van der Waals surface area (Å²) in [5.41, 5.74) is -1.58. The number of halogens is 4. The molecule has 0 saturated heterocycles. The van der Waals surface area contributed by atoms with Crippen molar-refractivity contribution in [1.29, 1.82) is 0 Å². The molecule has 2 amide bonds. The molecule has 2 N–H and O–H groups in total. The van der Waals surface area contributed by atoms with E-state index in [9.17, 15) is 22.8 Å². The molecule has 4 rings (SSSR count). The standard InChI is InChI=1S/C23H19ClF3N5O4/c1-35-14-2-3-19(16(6-14)23(25,26)27)36-15-7-17(24)18(30-10-15)11-31-21(34)22(4-5-22)32-20(33)13-8-28-12-29-9-13/h2-3,6-10,12H,4-5,11H2,1H3,(H,31,34)(H,32,33). The van der Waals surface area contributed by atoms with Crippen molar-refractivity contribution in [3.05, 3.63) is 71.0 Å². The molecule has 0 aliphatic heterocycles. The summed E-state index contributed by atoms with van der Waals surface area (Å²) >= 11 is 6.23. The second-order valence-electron chi connectivity index (χ2n) is 7.91. The van der Waals surface area contributed by atoms with Gasteiger partial charge < -0.3 is 20.1 Å². The summed E-state index contributed by atoms with van der Waals surface area (Å²) in [6.45, 7) is -0.0691. The Morgan fingerprint density at radius 3 is 2.44 bits per heavy atom. The molecule has 1 aromatic carbocycles. The molecule has 36 heavy (non-hydrogen) atoms. The first kappa shape index (κ1) is 25.2. The highest BCUT2D eigenvalue weighted by Crippen LogP contribution is 2.40. The zero-order valence-corrected chi connectivity index (χ0v) is 19.5.